The number of likely N-dealkylation sites (tertiary alicyclic amines) is 1. The fraction of sp³-hybridized carbons (Fsp3) is 0.500. The number of hydrogen-bond donors (Lipinski definition) is 2. The van der Waals surface area contributed by atoms with Gasteiger partial charge in [0.25, 0.3) is 0 Å². The second kappa shape index (κ2) is 5.85. The Labute approximate surface area is 124 Å². The van der Waals surface area contributed by atoms with E-state index in [9.17, 15) is 4.79 Å². The van der Waals surface area contributed by atoms with Crippen molar-refractivity contribution in [1.82, 2.24) is 20.2 Å². The average molecular weight is 286 g/mol. The molecule has 0 aliphatic carbocycles. The van der Waals surface area contributed by atoms with Crippen molar-refractivity contribution in [3.63, 3.8) is 0 Å². The maximum atomic E-state index is 12.0. The maximum absolute atomic E-state index is 12.0. The molecule has 0 saturated carbocycles. The number of aryl methyl sites for hydroxylation is 1. The van der Waals surface area contributed by atoms with Gasteiger partial charge in [-0.2, -0.15) is 0 Å². The third-order valence-electron chi connectivity index (χ3n) is 4.20. The van der Waals surface area contributed by atoms with Crippen molar-refractivity contribution in [3.8, 4) is 0 Å². The molecule has 2 N–H and O–H groups in total. The lowest BCUT2D eigenvalue weighted by Crippen LogP contribution is -2.48. The summed E-state index contributed by atoms with van der Waals surface area (Å²) in [6, 6.07) is 6.19. The molecule has 3 rings (SSSR count). The summed E-state index contributed by atoms with van der Waals surface area (Å²) in [4.78, 5) is 22.2. The number of carbonyl (C=O) groups is 1. The van der Waals surface area contributed by atoms with Gasteiger partial charge in [-0.15, -0.1) is 0 Å². The van der Waals surface area contributed by atoms with Crippen LogP contribution in [0.5, 0.6) is 0 Å². The van der Waals surface area contributed by atoms with Crippen LogP contribution in [0.1, 0.15) is 30.7 Å². The van der Waals surface area contributed by atoms with E-state index in [1.807, 2.05) is 6.07 Å². The zero-order valence-corrected chi connectivity index (χ0v) is 12.6. The lowest BCUT2D eigenvalue weighted by Gasteiger charge is -2.33. The predicted molar refractivity (Wildman–Crippen MR) is 82.9 cm³/mol. The number of fused-ring (bicyclic) bond motifs is 1. The van der Waals surface area contributed by atoms with E-state index in [0.29, 0.717) is 6.54 Å². The van der Waals surface area contributed by atoms with Gasteiger partial charge in [-0.3, -0.25) is 9.69 Å². The molecule has 0 spiro atoms. The molecule has 1 saturated heterocycles. The van der Waals surface area contributed by atoms with E-state index in [-0.39, 0.29) is 11.9 Å². The Morgan fingerprint density at radius 2 is 2.33 bits per heavy atom. The van der Waals surface area contributed by atoms with Gasteiger partial charge in [0, 0.05) is 7.05 Å². The van der Waals surface area contributed by atoms with E-state index in [1.165, 1.54) is 5.56 Å². The van der Waals surface area contributed by atoms with Crippen molar-refractivity contribution in [2.45, 2.75) is 38.8 Å². The molecule has 1 aliphatic heterocycles. The highest BCUT2D eigenvalue weighted by Crippen LogP contribution is 2.20. The normalized spacial score (nSPS) is 19.8. The minimum Gasteiger partial charge on any atom is -0.358 e. The van der Waals surface area contributed by atoms with Crippen LogP contribution in [0.25, 0.3) is 11.0 Å². The number of benzene rings is 1. The number of piperidine rings is 1. The molecule has 0 unspecified atom stereocenters. The minimum atomic E-state index is -0.0290. The van der Waals surface area contributed by atoms with Gasteiger partial charge in [0.05, 0.1) is 23.6 Å². The van der Waals surface area contributed by atoms with Crippen molar-refractivity contribution in [2.24, 2.45) is 0 Å². The molecule has 5 heteroatoms. The second-order valence-corrected chi connectivity index (χ2v) is 5.80. The molecule has 2 heterocycles. The van der Waals surface area contributed by atoms with Crippen molar-refractivity contribution in [1.29, 1.82) is 0 Å². The highest BCUT2D eigenvalue weighted by molar-refractivity contribution is 5.81. The van der Waals surface area contributed by atoms with Crippen molar-refractivity contribution >= 4 is 16.9 Å². The molecule has 1 amide bonds. The van der Waals surface area contributed by atoms with Crippen LogP contribution in [0.3, 0.4) is 0 Å². The smallest absolute Gasteiger partial charge is 0.237 e. The Morgan fingerprint density at radius 3 is 3.14 bits per heavy atom. The van der Waals surface area contributed by atoms with Crippen LogP contribution in [-0.4, -0.2) is 40.4 Å². The summed E-state index contributed by atoms with van der Waals surface area (Å²) in [5, 5.41) is 2.77. The molecule has 1 aromatic carbocycles. The molecular formula is C16H22N4O. The number of carbonyl (C=O) groups excluding carboxylic acids is 1. The van der Waals surface area contributed by atoms with Gasteiger partial charge in [-0.1, -0.05) is 12.5 Å². The summed E-state index contributed by atoms with van der Waals surface area (Å²) in [6.07, 6.45) is 3.19. The maximum Gasteiger partial charge on any atom is 0.237 e. The van der Waals surface area contributed by atoms with Gasteiger partial charge in [0.15, 0.2) is 0 Å². The van der Waals surface area contributed by atoms with E-state index in [1.54, 1.807) is 7.05 Å². The fourth-order valence-electron chi connectivity index (χ4n) is 3.09. The van der Waals surface area contributed by atoms with Crippen molar-refractivity contribution < 1.29 is 4.79 Å². The molecule has 1 aromatic heterocycles. The second-order valence-electron chi connectivity index (χ2n) is 5.80. The molecule has 5 nitrogen and oxygen atoms in total. The van der Waals surface area contributed by atoms with Gasteiger partial charge < -0.3 is 10.3 Å². The van der Waals surface area contributed by atoms with Crippen LogP contribution in [-0.2, 0) is 11.3 Å². The van der Waals surface area contributed by atoms with Crippen LogP contribution >= 0.6 is 0 Å². The Balaban J connectivity index is 1.80. The van der Waals surface area contributed by atoms with Crippen LogP contribution in [0.4, 0.5) is 0 Å². The van der Waals surface area contributed by atoms with E-state index < -0.39 is 0 Å². The number of aromatic amines is 1. The summed E-state index contributed by atoms with van der Waals surface area (Å²) in [5.74, 6) is 1.05. The minimum absolute atomic E-state index is 0.0290. The van der Waals surface area contributed by atoms with Gasteiger partial charge >= 0.3 is 0 Å². The first kappa shape index (κ1) is 14.1. The fourth-order valence-corrected chi connectivity index (χ4v) is 3.09. The third kappa shape index (κ3) is 2.93. The molecular weight excluding hydrogens is 264 g/mol. The molecule has 1 aliphatic rings. The van der Waals surface area contributed by atoms with Crippen molar-refractivity contribution in [2.75, 3.05) is 13.6 Å². The highest BCUT2D eigenvalue weighted by Gasteiger charge is 2.28. The monoisotopic (exact) mass is 286 g/mol. The largest absolute Gasteiger partial charge is 0.358 e. The van der Waals surface area contributed by atoms with Crippen molar-refractivity contribution in [3.05, 3.63) is 29.6 Å². The Kier molecular flexibility index (Phi) is 3.92. The van der Waals surface area contributed by atoms with Gasteiger partial charge in [0.1, 0.15) is 5.82 Å². The number of aromatic nitrogens is 2. The van der Waals surface area contributed by atoms with E-state index in [4.69, 9.17) is 0 Å². The van der Waals surface area contributed by atoms with Crippen LogP contribution in [0.2, 0.25) is 0 Å². The SMILES string of the molecule is CNC(=O)[C@@H]1CCCCN1Cc1nc2ccc(C)cc2[nH]1. The molecule has 2 aromatic rings. The quantitative estimate of drug-likeness (QED) is 0.907. The first-order chi connectivity index (χ1) is 10.2. The van der Waals surface area contributed by atoms with E-state index in [2.05, 4.69) is 39.2 Å². The lowest BCUT2D eigenvalue weighted by molar-refractivity contribution is -0.127. The average Bonchev–Trinajstić information content (AvgIpc) is 2.88. The predicted octanol–water partition coefficient (Wildman–Crippen LogP) is 1.97. The molecule has 1 fully saturated rings. The lowest BCUT2D eigenvalue weighted by atomic mass is 10.0. The summed E-state index contributed by atoms with van der Waals surface area (Å²) >= 11 is 0. The Morgan fingerprint density at radius 1 is 1.48 bits per heavy atom. The molecule has 0 bridgehead atoms. The number of likely N-dealkylation sites (N-methyl/N-ethyl adjacent to an activating group) is 1. The number of H-pyrrole nitrogens is 1. The Bertz CT molecular complexity index is 649. The number of imidazole rings is 1. The first-order valence-corrected chi connectivity index (χ1v) is 7.58. The summed E-state index contributed by atoms with van der Waals surface area (Å²) in [6.45, 7) is 3.73. The number of nitrogens with one attached hydrogen (secondary N) is 2. The van der Waals surface area contributed by atoms with Crippen LogP contribution in [0.15, 0.2) is 18.2 Å². The topological polar surface area (TPSA) is 61.0 Å². The number of nitrogens with zero attached hydrogens (tertiary/aromatic N) is 2. The highest BCUT2D eigenvalue weighted by atomic mass is 16.2. The first-order valence-electron chi connectivity index (χ1n) is 7.58. The molecule has 21 heavy (non-hydrogen) atoms. The van der Waals surface area contributed by atoms with E-state index >= 15 is 0 Å². The van der Waals surface area contributed by atoms with E-state index in [0.717, 1.165) is 42.7 Å². The van der Waals surface area contributed by atoms with Gasteiger partial charge in [-0.05, 0) is 44.0 Å². The third-order valence-corrected chi connectivity index (χ3v) is 4.20. The van der Waals surface area contributed by atoms with Crippen LogP contribution < -0.4 is 5.32 Å². The molecule has 112 valence electrons. The summed E-state index contributed by atoms with van der Waals surface area (Å²) in [5.41, 5.74) is 3.28. The van der Waals surface area contributed by atoms with Crippen LogP contribution in [0, 0.1) is 6.92 Å². The number of amides is 1. The number of hydrogen-bond acceptors (Lipinski definition) is 3. The summed E-state index contributed by atoms with van der Waals surface area (Å²) in [7, 11) is 1.71. The molecule has 1 atom stereocenters. The zero-order valence-electron chi connectivity index (χ0n) is 12.6. The Hall–Kier alpha value is -1.88. The van der Waals surface area contributed by atoms with Gasteiger partial charge in [-0.25, -0.2) is 4.98 Å². The standard InChI is InChI=1S/C16H22N4O/c1-11-6-7-12-13(9-11)19-15(18-12)10-20-8-4-3-5-14(20)16(21)17-2/h6-7,9,14H,3-5,8,10H2,1-2H3,(H,17,21)(H,18,19)/t14-/m0/s1. The van der Waals surface area contributed by atoms with Gasteiger partial charge in [0.2, 0.25) is 5.91 Å². The number of rotatable bonds is 3. The summed E-state index contributed by atoms with van der Waals surface area (Å²) < 4.78 is 0. The molecule has 0 radical (unpaired) electrons. The zero-order chi connectivity index (χ0) is 14.8.